The van der Waals surface area contributed by atoms with Gasteiger partial charge in [-0.05, 0) is 6.07 Å². The van der Waals surface area contributed by atoms with Crippen LogP contribution in [0.15, 0.2) is 30.6 Å². The molecule has 0 aliphatic rings. The molecule has 0 spiro atoms. The van der Waals surface area contributed by atoms with Gasteiger partial charge in [-0.2, -0.15) is 5.10 Å². The number of pyridine rings is 1. The van der Waals surface area contributed by atoms with Crippen molar-refractivity contribution >= 4 is 5.97 Å². The first kappa shape index (κ1) is 11.1. The van der Waals surface area contributed by atoms with Crippen molar-refractivity contribution in [2.24, 2.45) is 0 Å². The molecule has 2 aromatic heterocycles. The van der Waals surface area contributed by atoms with Crippen LogP contribution >= 0.6 is 0 Å². The van der Waals surface area contributed by atoms with E-state index in [1.54, 1.807) is 13.2 Å². The number of ether oxygens (including phenoxy) is 1. The minimum absolute atomic E-state index is 0.160. The van der Waals surface area contributed by atoms with Gasteiger partial charge in [-0.3, -0.25) is 4.68 Å². The van der Waals surface area contributed by atoms with E-state index in [1.807, 2.05) is 12.1 Å². The second-order valence-electron chi connectivity index (χ2n) is 3.40. The first-order valence-electron chi connectivity index (χ1n) is 4.94. The van der Waals surface area contributed by atoms with Crippen molar-refractivity contribution in [3.05, 3.63) is 41.9 Å². The topological polar surface area (TPSA) is 77.2 Å². The summed E-state index contributed by atoms with van der Waals surface area (Å²) in [5.74, 6) is -0.469. The van der Waals surface area contributed by atoms with Gasteiger partial charge in [-0.15, -0.1) is 0 Å². The molecule has 0 fully saturated rings. The van der Waals surface area contributed by atoms with Crippen molar-refractivity contribution in [2.45, 2.75) is 6.54 Å². The summed E-state index contributed by atoms with van der Waals surface area (Å²) >= 11 is 0. The number of carboxylic acids is 1. The molecule has 0 saturated heterocycles. The molecule has 88 valence electrons. The predicted molar refractivity (Wildman–Crippen MR) is 59.1 cm³/mol. The molecule has 0 aliphatic heterocycles. The molecule has 2 heterocycles. The highest BCUT2D eigenvalue weighted by atomic mass is 16.5. The molecule has 0 radical (unpaired) electrons. The molecule has 2 aromatic rings. The second-order valence-corrected chi connectivity index (χ2v) is 3.40. The Kier molecular flexibility index (Phi) is 3.04. The van der Waals surface area contributed by atoms with Gasteiger partial charge in [0, 0.05) is 12.3 Å². The van der Waals surface area contributed by atoms with Crippen molar-refractivity contribution in [1.29, 1.82) is 0 Å². The molecule has 6 heteroatoms. The summed E-state index contributed by atoms with van der Waals surface area (Å²) in [6.45, 7) is 0.407. The third kappa shape index (κ3) is 2.60. The summed E-state index contributed by atoms with van der Waals surface area (Å²) < 4.78 is 6.52. The molecule has 6 nitrogen and oxygen atoms in total. The third-order valence-corrected chi connectivity index (χ3v) is 2.19. The van der Waals surface area contributed by atoms with Gasteiger partial charge in [0.25, 0.3) is 0 Å². The van der Waals surface area contributed by atoms with Crippen LogP contribution in [0.3, 0.4) is 0 Å². The van der Waals surface area contributed by atoms with Crippen LogP contribution < -0.4 is 4.74 Å². The number of carbonyl (C=O) groups is 1. The number of rotatable bonds is 4. The average molecular weight is 233 g/mol. The first-order valence-corrected chi connectivity index (χ1v) is 4.94. The Morgan fingerprint density at radius 3 is 3.00 bits per heavy atom. The van der Waals surface area contributed by atoms with Gasteiger partial charge >= 0.3 is 5.97 Å². The molecule has 2 rings (SSSR count). The molecule has 0 aromatic carbocycles. The van der Waals surface area contributed by atoms with Crippen molar-refractivity contribution in [3.8, 4) is 5.88 Å². The number of aromatic nitrogens is 3. The molecular formula is C11H11N3O3. The number of methoxy groups -OCH3 is 1. The number of nitrogens with zero attached hydrogens (tertiary/aromatic N) is 3. The van der Waals surface area contributed by atoms with Crippen LogP contribution in [-0.4, -0.2) is 33.0 Å². The van der Waals surface area contributed by atoms with Crippen LogP contribution in [0.2, 0.25) is 0 Å². The van der Waals surface area contributed by atoms with Crippen molar-refractivity contribution in [1.82, 2.24) is 14.8 Å². The van der Waals surface area contributed by atoms with Crippen LogP contribution in [0.25, 0.3) is 0 Å². The van der Waals surface area contributed by atoms with Gasteiger partial charge < -0.3 is 9.84 Å². The Labute approximate surface area is 97.5 Å². The van der Waals surface area contributed by atoms with Crippen LogP contribution in [0.4, 0.5) is 0 Å². The maximum absolute atomic E-state index is 10.7. The number of hydrogen-bond acceptors (Lipinski definition) is 4. The Morgan fingerprint density at radius 1 is 1.53 bits per heavy atom. The minimum atomic E-state index is -0.991. The number of carboxylic acid groups (broad SMARTS) is 1. The Bertz CT molecular complexity index is 536. The van der Waals surface area contributed by atoms with E-state index < -0.39 is 5.97 Å². The van der Waals surface area contributed by atoms with Crippen LogP contribution in [0.1, 0.15) is 16.1 Å². The zero-order valence-electron chi connectivity index (χ0n) is 9.20. The Balaban J connectivity index is 2.16. The lowest BCUT2D eigenvalue weighted by atomic mass is 10.3. The summed E-state index contributed by atoms with van der Waals surface area (Å²) in [5, 5.41) is 12.7. The van der Waals surface area contributed by atoms with E-state index in [2.05, 4.69) is 10.1 Å². The lowest BCUT2D eigenvalue weighted by Crippen LogP contribution is -2.03. The lowest BCUT2D eigenvalue weighted by Gasteiger charge is -2.03. The molecular weight excluding hydrogens is 222 g/mol. The molecule has 0 atom stereocenters. The van der Waals surface area contributed by atoms with E-state index in [0.29, 0.717) is 12.4 Å². The summed E-state index contributed by atoms with van der Waals surface area (Å²) in [6.07, 6.45) is 2.77. The van der Waals surface area contributed by atoms with Gasteiger partial charge in [-0.25, -0.2) is 9.78 Å². The zero-order valence-corrected chi connectivity index (χ0v) is 9.20. The molecule has 0 unspecified atom stereocenters. The molecule has 0 bridgehead atoms. The van der Waals surface area contributed by atoms with Crippen LogP contribution in [0, 0.1) is 0 Å². The fourth-order valence-corrected chi connectivity index (χ4v) is 1.39. The van der Waals surface area contributed by atoms with Crippen molar-refractivity contribution < 1.29 is 14.6 Å². The normalized spacial score (nSPS) is 10.2. The van der Waals surface area contributed by atoms with Gasteiger partial charge in [0.05, 0.1) is 31.1 Å². The number of hydrogen-bond donors (Lipinski definition) is 1. The Morgan fingerprint density at radius 2 is 2.35 bits per heavy atom. The molecule has 0 saturated carbocycles. The maximum Gasteiger partial charge on any atom is 0.338 e. The van der Waals surface area contributed by atoms with Crippen LogP contribution in [0.5, 0.6) is 5.88 Å². The van der Waals surface area contributed by atoms with Gasteiger partial charge in [-0.1, -0.05) is 6.07 Å². The summed E-state index contributed by atoms with van der Waals surface area (Å²) in [4.78, 5) is 14.9. The average Bonchev–Trinajstić information content (AvgIpc) is 2.78. The zero-order chi connectivity index (χ0) is 12.3. The molecule has 0 aliphatic carbocycles. The van der Waals surface area contributed by atoms with Crippen molar-refractivity contribution in [2.75, 3.05) is 7.11 Å². The predicted octanol–water partition coefficient (Wildman–Crippen LogP) is 1.03. The van der Waals surface area contributed by atoms with Crippen LogP contribution in [-0.2, 0) is 6.54 Å². The molecule has 1 N–H and O–H groups in total. The van der Waals surface area contributed by atoms with E-state index in [0.717, 1.165) is 5.69 Å². The molecule has 17 heavy (non-hydrogen) atoms. The smallest absolute Gasteiger partial charge is 0.338 e. The highest BCUT2D eigenvalue weighted by Gasteiger charge is 2.06. The highest BCUT2D eigenvalue weighted by Crippen LogP contribution is 2.08. The van der Waals surface area contributed by atoms with Crippen molar-refractivity contribution in [3.63, 3.8) is 0 Å². The first-order chi connectivity index (χ1) is 8.19. The van der Waals surface area contributed by atoms with Gasteiger partial charge in [0.15, 0.2) is 0 Å². The quantitative estimate of drug-likeness (QED) is 0.853. The largest absolute Gasteiger partial charge is 0.481 e. The van der Waals surface area contributed by atoms with Gasteiger partial charge in [0.2, 0.25) is 5.88 Å². The fraction of sp³-hybridized carbons (Fsp3) is 0.182. The SMILES string of the molecule is COc1cccc(Cn2cc(C(=O)O)cn2)n1. The fourth-order valence-electron chi connectivity index (χ4n) is 1.39. The summed E-state index contributed by atoms with van der Waals surface area (Å²) in [5.41, 5.74) is 0.914. The summed E-state index contributed by atoms with van der Waals surface area (Å²) in [7, 11) is 1.54. The monoisotopic (exact) mass is 233 g/mol. The van der Waals surface area contributed by atoms with Gasteiger partial charge in [0.1, 0.15) is 0 Å². The van der Waals surface area contributed by atoms with E-state index in [1.165, 1.54) is 17.1 Å². The third-order valence-electron chi connectivity index (χ3n) is 2.19. The van der Waals surface area contributed by atoms with E-state index in [-0.39, 0.29) is 5.56 Å². The Hall–Kier alpha value is -2.37. The maximum atomic E-state index is 10.7. The number of aromatic carboxylic acids is 1. The van der Waals surface area contributed by atoms with E-state index >= 15 is 0 Å². The molecule has 0 amide bonds. The highest BCUT2D eigenvalue weighted by molar-refractivity contribution is 5.86. The minimum Gasteiger partial charge on any atom is -0.481 e. The van der Waals surface area contributed by atoms with E-state index in [4.69, 9.17) is 9.84 Å². The lowest BCUT2D eigenvalue weighted by molar-refractivity contribution is 0.0697. The standard InChI is InChI=1S/C11H11N3O3/c1-17-10-4-2-3-9(13-10)7-14-6-8(5-12-14)11(15)16/h2-6H,7H2,1H3,(H,15,16). The second kappa shape index (κ2) is 4.65. The van der Waals surface area contributed by atoms with E-state index in [9.17, 15) is 4.79 Å². The summed E-state index contributed by atoms with van der Waals surface area (Å²) in [6, 6.07) is 5.39.